The molecule has 0 radical (unpaired) electrons. The van der Waals surface area contributed by atoms with E-state index < -0.39 is 11.1 Å². The Labute approximate surface area is 230 Å². The number of aryl methyl sites for hydroxylation is 2. The Morgan fingerprint density at radius 3 is 2.58 bits per heavy atom. The van der Waals surface area contributed by atoms with Gasteiger partial charge in [0.2, 0.25) is 0 Å². The molecule has 1 aliphatic carbocycles. The zero-order chi connectivity index (χ0) is 28.8. The van der Waals surface area contributed by atoms with Crippen LogP contribution in [-0.4, -0.2) is 49.2 Å². The smallest absolute Gasteiger partial charge is 0.489 e. The van der Waals surface area contributed by atoms with Crippen molar-refractivity contribution < 1.29 is 33.5 Å². The monoisotopic (exact) mass is 553 g/mol. The summed E-state index contributed by atoms with van der Waals surface area (Å²) in [4.78, 5) is 39.0. The van der Waals surface area contributed by atoms with E-state index in [0.29, 0.717) is 34.9 Å². The van der Waals surface area contributed by atoms with E-state index in [2.05, 4.69) is 15.3 Å². The van der Waals surface area contributed by atoms with Crippen molar-refractivity contribution in [3.63, 3.8) is 0 Å². The number of carbonyl (C=O) groups is 2. The number of aromatic nitrogens is 4. The van der Waals surface area contributed by atoms with Crippen molar-refractivity contribution in [1.82, 2.24) is 20.0 Å². The third-order valence-electron chi connectivity index (χ3n) is 6.41. The van der Waals surface area contributed by atoms with Crippen LogP contribution in [0.2, 0.25) is 0 Å². The van der Waals surface area contributed by atoms with Gasteiger partial charge in [-0.3, -0.25) is 14.9 Å². The van der Waals surface area contributed by atoms with Crippen LogP contribution in [-0.2, 0) is 27.9 Å². The van der Waals surface area contributed by atoms with Crippen LogP contribution >= 0.6 is 0 Å². The number of nitrogens with zero attached hydrogens (tertiary/aromatic N) is 5. The summed E-state index contributed by atoms with van der Waals surface area (Å²) in [5.41, 5.74) is 2.00. The predicted octanol–water partition coefficient (Wildman–Crippen LogP) is 4.70. The highest BCUT2D eigenvalue weighted by atomic mass is 16.7. The van der Waals surface area contributed by atoms with Gasteiger partial charge in [0.15, 0.2) is 0 Å². The number of esters is 1. The Hall–Kier alpha value is -4.55. The number of carbonyl (C=O) groups excluding carboxylic acids is 2. The molecule has 212 valence electrons. The minimum Gasteiger partial charge on any atom is -0.489 e. The SMILES string of the molecule is Cc1nc(-c2nnn(C)c2COC(=O)Oc2ccc([N+](=O)[O-])cc2)ccc1OC1CCC(CC(=O)OC(C)C)C1. The van der Waals surface area contributed by atoms with Gasteiger partial charge in [0.05, 0.1) is 28.5 Å². The number of hydrogen-bond donors (Lipinski definition) is 0. The van der Waals surface area contributed by atoms with E-state index in [1.165, 1.54) is 28.9 Å². The molecule has 13 heteroatoms. The maximum Gasteiger partial charge on any atom is 0.514 e. The van der Waals surface area contributed by atoms with Gasteiger partial charge >= 0.3 is 12.1 Å². The molecule has 1 saturated carbocycles. The minimum absolute atomic E-state index is 0.00885. The first-order valence-corrected chi connectivity index (χ1v) is 12.9. The van der Waals surface area contributed by atoms with Gasteiger partial charge in [-0.25, -0.2) is 14.5 Å². The highest BCUT2D eigenvalue weighted by Gasteiger charge is 2.29. The van der Waals surface area contributed by atoms with Crippen molar-refractivity contribution in [2.45, 2.75) is 65.3 Å². The van der Waals surface area contributed by atoms with Gasteiger partial charge in [-0.15, -0.1) is 5.10 Å². The highest BCUT2D eigenvalue weighted by Crippen LogP contribution is 2.33. The largest absolute Gasteiger partial charge is 0.514 e. The normalized spacial score (nSPS) is 16.5. The second-order valence-electron chi connectivity index (χ2n) is 9.84. The number of nitro groups is 1. The van der Waals surface area contributed by atoms with Crippen molar-refractivity contribution in [2.75, 3.05) is 0 Å². The molecule has 0 amide bonds. The molecule has 3 aromatic rings. The Bertz CT molecular complexity index is 1370. The lowest BCUT2D eigenvalue weighted by atomic mass is 10.0. The number of nitro benzene ring substituents is 1. The van der Waals surface area contributed by atoms with Gasteiger partial charge < -0.3 is 18.9 Å². The van der Waals surface area contributed by atoms with Crippen molar-refractivity contribution in [2.24, 2.45) is 13.0 Å². The molecule has 0 N–H and O–H groups in total. The first kappa shape index (κ1) is 28.5. The molecule has 2 unspecified atom stereocenters. The fourth-order valence-corrected chi connectivity index (χ4v) is 4.48. The van der Waals surface area contributed by atoms with Crippen LogP contribution in [0.3, 0.4) is 0 Å². The lowest BCUT2D eigenvalue weighted by Gasteiger charge is -2.16. The van der Waals surface area contributed by atoms with Gasteiger partial charge in [0.25, 0.3) is 5.69 Å². The fourth-order valence-electron chi connectivity index (χ4n) is 4.48. The summed E-state index contributed by atoms with van der Waals surface area (Å²) in [6.07, 6.45) is 1.81. The maximum atomic E-state index is 12.2. The zero-order valence-electron chi connectivity index (χ0n) is 22.7. The summed E-state index contributed by atoms with van der Waals surface area (Å²) < 4.78 is 23.3. The minimum atomic E-state index is -0.985. The van der Waals surface area contributed by atoms with Crippen molar-refractivity contribution >= 4 is 17.8 Å². The van der Waals surface area contributed by atoms with Gasteiger partial charge in [-0.2, -0.15) is 0 Å². The maximum absolute atomic E-state index is 12.2. The molecule has 0 saturated heterocycles. The number of ether oxygens (including phenoxy) is 4. The van der Waals surface area contributed by atoms with Crippen LogP contribution in [0.4, 0.5) is 10.5 Å². The molecule has 13 nitrogen and oxygen atoms in total. The molecule has 2 heterocycles. The van der Waals surface area contributed by atoms with E-state index >= 15 is 0 Å². The number of rotatable bonds is 10. The van der Waals surface area contributed by atoms with Gasteiger partial charge in [-0.05, 0) is 70.2 Å². The molecular formula is C27H31N5O8. The van der Waals surface area contributed by atoms with E-state index in [-0.39, 0.29) is 42.1 Å². The van der Waals surface area contributed by atoms with Crippen molar-refractivity contribution in [3.8, 4) is 22.9 Å². The Morgan fingerprint density at radius 1 is 1.15 bits per heavy atom. The Kier molecular flexibility index (Phi) is 8.92. The van der Waals surface area contributed by atoms with Gasteiger partial charge in [0.1, 0.15) is 29.5 Å². The number of pyridine rings is 1. The van der Waals surface area contributed by atoms with Crippen LogP contribution in [0.1, 0.15) is 50.9 Å². The second-order valence-corrected chi connectivity index (χ2v) is 9.84. The van der Waals surface area contributed by atoms with Crippen LogP contribution in [0, 0.1) is 23.0 Å². The third-order valence-corrected chi connectivity index (χ3v) is 6.41. The predicted molar refractivity (Wildman–Crippen MR) is 140 cm³/mol. The highest BCUT2D eigenvalue weighted by molar-refractivity contribution is 5.70. The standard InChI is InChI=1S/C27H31N5O8/c1-16(2)38-25(33)14-18-5-8-21(13-18)39-24-12-11-22(28-17(24)3)26-23(31(4)30-29-26)15-37-27(34)40-20-9-6-19(7-10-20)32(35)36/h6-7,9-12,16,18,21H,5,8,13-15H2,1-4H3. The van der Waals surface area contributed by atoms with E-state index in [1.54, 1.807) is 13.1 Å². The summed E-state index contributed by atoms with van der Waals surface area (Å²) in [5.74, 6) is 0.813. The molecule has 2 aromatic heterocycles. The summed E-state index contributed by atoms with van der Waals surface area (Å²) in [6.45, 7) is 5.33. The Balaban J connectivity index is 1.35. The van der Waals surface area contributed by atoms with Crippen LogP contribution in [0.15, 0.2) is 36.4 Å². The molecule has 0 aliphatic heterocycles. The van der Waals surface area contributed by atoms with Crippen LogP contribution in [0.25, 0.3) is 11.4 Å². The lowest BCUT2D eigenvalue weighted by molar-refractivity contribution is -0.384. The van der Waals surface area contributed by atoms with Crippen LogP contribution in [0.5, 0.6) is 11.5 Å². The summed E-state index contributed by atoms with van der Waals surface area (Å²) >= 11 is 0. The van der Waals surface area contributed by atoms with E-state index in [4.69, 9.17) is 18.9 Å². The molecule has 1 aliphatic rings. The first-order valence-electron chi connectivity index (χ1n) is 12.9. The molecule has 2 atom stereocenters. The zero-order valence-corrected chi connectivity index (χ0v) is 22.7. The Morgan fingerprint density at radius 2 is 1.90 bits per heavy atom. The molecule has 0 spiro atoms. The average Bonchev–Trinajstić information content (AvgIpc) is 3.49. The molecule has 1 aromatic carbocycles. The number of benzene rings is 1. The summed E-state index contributed by atoms with van der Waals surface area (Å²) in [7, 11) is 1.66. The first-order chi connectivity index (χ1) is 19.1. The molecule has 0 bridgehead atoms. The molecular weight excluding hydrogens is 522 g/mol. The average molecular weight is 554 g/mol. The van der Waals surface area contributed by atoms with Crippen molar-refractivity contribution in [1.29, 1.82) is 0 Å². The number of hydrogen-bond acceptors (Lipinski definition) is 11. The molecule has 40 heavy (non-hydrogen) atoms. The van der Waals surface area contributed by atoms with E-state index in [9.17, 15) is 19.7 Å². The number of non-ortho nitro benzene ring substituents is 1. The van der Waals surface area contributed by atoms with E-state index in [0.717, 1.165) is 19.3 Å². The van der Waals surface area contributed by atoms with Crippen molar-refractivity contribution in [3.05, 3.63) is 57.9 Å². The third kappa shape index (κ3) is 7.30. The van der Waals surface area contributed by atoms with E-state index in [1.807, 2.05) is 26.8 Å². The van der Waals surface area contributed by atoms with Gasteiger partial charge in [0, 0.05) is 25.6 Å². The van der Waals surface area contributed by atoms with Crippen LogP contribution < -0.4 is 9.47 Å². The second kappa shape index (κ2) is 12.5. The summed E-state index contributed by atoms with van der Waals surface area (Å²) in [6, 6.07) is 8.64. The molecule has 1 fully saturated rings. The van der Waals surface area contributed by atoms with Gasteiger partial charge in [-0.1, -0.05) is 5.21 Å². The molecule has 4 rings (SSSR count). The summed E-state index contributed by atoms with van der Waals surface area (Å²) in [5, 5.41) is 19.0. The lowest BCUT2D eigenvalue weighted by Crippen LogP contribution is -2.17. The quantitative estimate of drug-likeness (QED) is 0.148. The fraction of sp³-hybridized carbons (Fsp3) is 0.444. The topological polar surface area (TPSA) is 158 Å².